The maximum Gasteiger partial charge on any atom is 0.412 e. The van der Waals surface area contributed by atoms with Crippen molar-refractivity contribution in [3.8, 4) is 5.75 Å². The number of likely N-dealkylation sites (tertiary alicyclic amines) is 1. The molecule has 2 amide bonds. The molecular weight excluding hydrogens is 420 g/mol. The number of rotatable bonds is 5. The molecule has 1 spiro atoms. The van der Waals surface area contributed by atoms with Crippen LogP contribution in [-0.2, 0) is 9.53 Å². The van der Waals surface area contributed by atoms with Gasteiger partial charge >= 0.3 is 6.09 Å². The number of hydrogen-bond acceptors (Lipinski definition) is 6. The van der Waals surface area contributed by atoms with Gasteiger partial charge in [-0.05, 0) is 38.5 Å². The van der Waals surface area contributed by atoms with Gasteiger partial charge in [0.15, 0.2) is 5.75 Å². The van der Waals surface area contributed by atoms with Gasteiger partial charge in [-0.1, -0.05) is 18.5 Å². The van der Waals surface area contributed by atoms with E-state index in [0.717, 1.165) is 64.8 Å². The highest BCUT2D eigenvalue weighted by molar-refractivity contribution is 6.33. The number of ether oxygens (including phenoxy) is 2. The number of nitrogens with zero attached hydrogens (tertiary/aromatic N) is 3. The van der Waals surface area contributed by atoms with Crippen molar-refractivity contribution in [2.24, 2.45) is 5.41 Å². The minimum atomic E-state index is -0.519. The first-order valence-corrected chi connectivity index (χ1v) is 11.7. The van der Waals surface area contributed by atoms with Gasteiger partial charge in [0, 0.05) is 51.5 Å². The molecule has 8 nitrogen and oxygen atoms in total. The summed E-state index contributed by atoms with van der Waals surface area (Å²) in [6, 6.07) is 1.91. The highest BCUT2D eigenvalue weighted by atomic mass is 35.5. The van der Waals surface area contributed by atoms with E-state index < -0.39 is 6.09 Å². The third-order valence-corrected chi connectivity index (χ3v) is 6.86. The summed E-state index contributed by atoms with van der Waals surface area (Å²) in [7, 11) is 0. The molecular formula is C22H31ClN4O4. The highest BCUT2D eigenvalue weighted by Crippen LogP contribution is 2.43. The Morgan fingerprint density at radius 1 is 1.35 bits per heavy atom. The number of aromatic nitrogens is 1. The van der Waals surface area contributed by atoms with Gasteiger partial charge in [-0.2, -0.15) is 0 Å². The molecule has 1 atom stereocenters. The first kappa shape index (κ1) is 22.1. The van der Waals surface area contributed by atoms with Crippen molar-refractivity contribution in [2.45, 2.75) is 51.5 Å². The van der Waals surface area contributed by atoms with Crippen LogP contribution >= 0.6 is 11.6 Å². The Morgan fingerprint density at radius 3 is 2.90 bits per heavy atom. The molecule has 3 aliphatic heterocycles. The van der Waals surface area contributed by atoms with Gasteiger partial charge in [0.2, 0.25) is 5.91 Å². The summed E-state index contributed by atoms with van der Waals surface area (Å²) >= 11 is 6.51. The normalized spacial score (nSPS) is 24.6. The number of hydrogen-bond donors (Lipinski definition) is 1. The first-order valence-electron chi connectivity index (χ1n) is 11.3. The molecule has 3 fully saturated rings. The van der Waals surface area contributed by atoms with E-state index in [1.54, 1.807) is 6.07 Å². The van der Waals surface area contributed by atoms with Crippen LogP contribution in [0.1, 0.15) is 45.4 Å². The lowest BCUT2D eigenvalue weighted by Gasteiger charge is -2.41. The van der Waals surface area contributed by atoms with Crippen LogP contribution in [0.15, 0.2) is 12.3 Å². The quantitative estimate of drug-likeness (QED) is 0.741. The number of halogens is 1. The first-order chi connectivity index (χ1) is 15.0. The van der Waals surface area contributed by atoms with Crippen molar-refractivity contribution in [2.75, 3.05) is 44.3 Å². The van der Waals surface area contributed by atoms with Crippen LogP contribution in [0.3, 0.4) is 0 Å². The van der Waals surface area contributed by atoms with Crippen LogP contribution in [-0.4, -0.2) is 67.3 Å². The molecule has 0 bridgehead atoms. The molecule has 1 aromatic rings. The monoisotopic (exact) mass is 450 g/mol. The van der Waals surface area contributed by atoms with Crippen molar-refractivity contribution in [1.82, 2.24) is 15.2 Å². The average molecular weight is 451 g/mol. The zero-order chi connectivity index (χ0) is 21.8. The summed E-state index contributed by atoms with van der Waals surface area (Å²) in [6.07, 6.45) is 6.36. The third-order valence-electron chi connectivity index (χ3n) is 6.58. The highest BCUT2D eigenvalue weighted by Gasteiger charge is 2.50. The largest absolute Gasteiger partial charge is 0.412 e. The molecule has 0 aromatic carbocycles. The fourth-order valence-corrected chi connectivity index (χ4v) is 5.23. The Labute approximate surface area is 188 Å². The summed E-state index contributed by atoms with van der Waals surface area (Å²) in [4.78, 5) is 33.9. The Balaban J connectivity index is 1.44. The van der Waals surface area contributed by atoms with E-state index in [-0.39, 0.29) is 11.3 Å². The van der Waals surface area contributed by atoms with E-state index in [2.05, 4.69) is 20.1 Å². The molecule has 0 saturated carbocycles. The van der Waals surface area contributed by atoms with Crippen LogP contribution in [0.4, 0.5) is 10.6 Å². The van der Waals surface area contributed by atoms with Crippen LogP contribution in [0.2, 0.25) is 5.02 Å². The van der Waals surface area contributed by atoms with Gasteiger partial charge < -0.3 is 24.6 Å². The maximum absolute atomic E-state index is 13.4. The van der Waals surface area contributed by atoms with Crippen molar-refractivity contribution in [3.05, 3.63) is 17.3 Å². The van der Waals surface area contributed by atoms with E-state index in [4.69, 9.17) is 21.1 Å². The number of nitrogens with one attached hydrogen (secondary N) is 1. The smallest absolute Gasteiger partial charge is 0.409 e. The summed E-state index contributed by atoms with van der Waals surface area (Å²) in [5, 5.41) is 3.08. The lowest BCUT2D eigenvalue weighted by Crippen LogP contribution is -2.50. The van der Waals surface area contributed by atoms with Crippen molar-refractivity contribution >= 4 is 29.4 Å². The molecule has 9 heteroatoms. The maximum atomic E-state index is 13.4. The van der Waals surface area contributed by atoms with E-state index >= 15 is 0 Å². The number of carbonyl (C=O) groups excluding carboxylic acids is 2. The fraction of sp³-hybridized carbons (Fsp3) is 0.682. The van der Waals surface area contributed by atoms with E-state index in [1.165, 1.54) is 6.20 Å². The van der Waals surface area contributed by atoms with Crippen LogP contribution in [0, 0.1) is 5.41 Å². The average Bonchev–Trinajstić information content (AvgIpc) is 3.08. The second-order valence-corrected chi connectivity index (χ2v) is 9.10. The number of piperidine rings is 1. The van der Waals surface area contributed by atoms with Crippen LogP contribution in [0.25, 0.3) is 0 Å². The standard InChI is InChI=1S/C22H31ClN4O4/c1-2-8-24-21(29)31-17-13-18(23)19(25-14-17)26-9-3-6-22(15-26)7-10-27(20(22)28)16-4-11-30-12-5-16/h13-14,16H,2-12,15H2,1H3,(H,24,29)/t22-/m1/s1. The number of amides is 2. The predicted molar refractivity (Wildman–Crippen MR) is 118 cm³/mol. The van der Waals surface area contributed by atoms with Gasteiger partial charge in [-0.15, -0.1) is 0 Å². The van der Waals surface area contributed by atoms with E-state index in [1.807, 2.05) is 6.92 Å². The summed E-state index contributed by atoms with van der Waals surface area (Å²) in [5.74, 6) is 1.21. The number of carbonyl (C=O) groups is 2. The molecule has 0 unspecified atom stereocenters. The molecule has 4 heterocycles. The van der Waals surface area contributed by atoms with Crippen molar-refractivity contribution in [3.63, 3.8) is 0 Å². The Morgan fingerprint density at radius 2 is 2.16 bits per heavy atom. The predicted octanol–water partition coefficient (Wildman–Crippen LogP) is 3.23. The molecule has 1 aromatic heterocycles. The Hall–Kier alpha value is -2.06. The van der Waals surface area contributed by atoms with Gasteiger partial charge in [-0.3, -0.25) is 4.79 Å². The van der Waals surface area contributed by atoms with Gasteiger partial charge in [0.25, 0.3) is 0 Å². The lowest BCUT2D eigenvalue weighted by atomic mass is 9.78. The fourth-order valence-electron chi connectivity index (χ4n) is 4.96. The number of pyridine rings is 1. The molecule has 170 valence electrons. The van der Waals surface area contributed by atoms with Gasteiger partial charge in [-0.25, -0.2) is 9.78 Å². The summed E-state index contributed by atoms with van der Waals surface area (Å²) < 4.78 is 10.7. The SMILES string of the molecule is CCCNC(=O)Oc1cnc(N2CCC[C@@]3(CCN(C4CCOCC4)C3=O)C2)c(Cl)c1. The Bertz CT molecular complexity index is 817. The van der Waals surface area contributed by atoms with Gasteiger partial charge in [0.1, 0.15) is 5.82 Å². The topological polar surface area (TPSA) is 84.0 Å². The molecule has 3 saturated heterocycles. The molecule has 4 rings (SSSR count). The minimum Gasteiger partial charge on any atom is -0.409 e. The summed E-state index contributed by atoms with van der Waals surface area (Å²) in [6.45, 7) is 6.23. The Kier molecular flexibility index (Phi) is 6.86. The van der Waals surface area contributed by atoms with Crippen LogP contribution < -0.4 is 15.0 Å². The molecule has 3 aliphatic rings. The minimum absolute atomic E-state index is 0.271. The zero-order valence-electron chi connectivity index (χ0n) is 18.1. The van der Waals surface area contributed by atoms with E-state index in [9.17, 15) is 9.59 Å². The van der Waals surface area contributed by atoms with Crippen molar-refractivity contribution in [1.29, 1.82) is 0 Å². The summed E-state index contributed by atoms with van der Waals surface area (Å²) in [5.41, 5.74) is -0.364. The lowest BCUT2D eigenvalue weighted by molar-refractivity contribution is -0.139. The molecule has 31 heavy (non-hydrogen) atoms. The number of anilines is 1. The second kappa shape index (κ2) is 9.61. The van der Waals surface area contributed by atoms with E-state index in [0.29, 0.717) is 35.7 Å². The third kappa shape index (κ3) is 4.75. The molecule has 0 aliphatic carbocycles. The van der Waals surface area contributed by atoms with Crippen LogP contribution in [0.5, 0.6) is 5.75 Å². The zero-order valence-corrected chi connectivity index (χ0v) is 18.8. The molecule has 0 radical (unpaired) electrons. The van der Waals surface area contributed by atoms with Gasteiger partial charge in [0.05, 0.1) is 16.6 Å². The second-order valence-electron chi connectivity index (χ2n) is 8.69. The van der Waals surface area contributed by atoms with Crippen molar-refractivity contribution < 1.29 is 19.1 Å². The molecule has 1 N–H and O–H groups in total.